The number of hydrogen-bond donors (Lipinski definition) is 0. The van der Waals surface area contributed by atoms with Crippen LogP contribution >= 0.6 is 26.6 Å². The van der Waals surface area contributed by atoms with E-state index in [1.165, 1.54) is 0 Å². The number of benzene rings is 1. The molecule has 0 saturated heterocycles. The van der Waals surface area contributed by atoms with Crippen molar-refractivity contribution in [2.24, 2.45) is 0 Å². The molecule has 1 rings (SSSR count). The van der Waals surface area contributed by atoms with Crippen LogP contribution in [0.4, 0.5) is 0 Å². The zero-order valence-corrected chi connectivity index (χ0v) is 14.4. The summed E-state index contributed by atoms with van der Waals surface area (Å²) >= 11 is 3.42. The first kappa shape index (κ1) is 17.6. The van der Waals surface area contributed by atoms with Crippen LogP contribution in [-0.2, 0) is 9.05 Å². The quantitative estimate of drug-likeness (QED) is 0.477. The molecular formula is C13H18BrClO4S. The van der Waals surface area contributed by atoms with E-state index < -0.39 is 9.05 Å². The van der Waals surface area contributed by atoms with Crippen molar-refractivity contribution < 1.29 is 17.9 Å². The number of methoxy groups -OCH3 is 1. The molecule has 114 valence electrons. The largest absolute Gasteiger partial charge is 0.493 e. The van der Waals surface area contributed by atoms with Crippen LogP contribution in [0.3, 0.4) is 0 Å². The van der Waals surface area contributed by atoms with E-state index in [0.29, 0.717) is 24.5 Å². The Hall–Kier alpha value is -0.460. The highest BCUT2D eigenvalue weighted by atomic mass is 79.9. The monoisotopic (exact) mass is 384 g/mol. The minimum Gasteiger partial charge on any atom is -0.493 e. The van der Waals surface area contributed by atoms with E-state index in [1.54, 1.807) is 7.11 Å². The van der Waals surface area contributed by atoms with Crippen molar-refractivity contribution in [2.45, 2.75) is 25.7 Å². The Labute approximate surface area is 133 Å². The van der Waals surface area contributed by atoms with Crippen LogP contribution in [0.5, 0.6) is 11.5 Å². The lowest BCUT2D eigenvalue weighted by molar-refractivity contribution is 0.283. The lowest BCUT2D eigenvalue weighted by Crippen LogP contribution is -2.01. The average Bonchev–Trinajstić information content (AvgIpc) is 2.37. The van der Waals surface area contributed by atoms with Gasteiger partial charge in [0.05, 0.1) is 23.9 Å². The van der Waals surface area contributed by atoms with Crippen LogP contribution in [-0.4, -0.2) is 27.9 Å². The SMILES string of the molecule is COc1cccc(Br)c1OCCCCCCS(=O)(=O)Cl. The molecule has 0 N–H and O–H groups in total. The van der Waals surface area contributed by atoms with Gasteiger partial charge in [0, 0.05) is 10.7 Å². The smallest absolute Gasteiger partial charge is 0.232 e. The molecule has 1 aromatic rings. The van der Waals surface area contributed by atoms with Gasteiger partial charge in [0.1, 0.15) is 0 Å². The van der Waals surface area contributed by atoms with Gasteiger partial charge >= 0.3 is 0 Å². The first-order valence-electron chi connectivity index (χ1n) is 6.31. The van der Waals surface area contributed by atoms with Crippen molar-refractivity contribution in [3.8, 4) is 11.5 Å². The van der Waals surface area contributed by atoms with Gasteiger partial charge in [0.2, 0.25) is 9.05 Å². The number of halogens is 2. The second-order valence-corrected chi connectivity index (χ2v) is 8.03. The minimum atomic E-state index is -3.36. The van der Waals surface area contributed by atoms with Gasteiger partial charge in [-0.1, -0.05) is 18.9 Å². The van der Waals surface area contributed by atoms with Crippen molar-refractivity contribution in [3.63, 3.8) is 0 Å². The second kappa shape index (κ2) is 8.74. The van der Waals surface area contributed by atoms with E-state index >= 15 is 0 Å². The van der Waals surface area contributed by atoms with Crippen LogP contribution in [0.1, 0.15) is 25.7 Å². The van der Waals surface area contributed by atoms with Gasteiger partial charge in [0.25, 0.3) is 0 Å². The molecule has 0 fully saturated rings. The fraction of sp³-hybridized carbons (Fsp3) is 0.538. The fourth-order valence-electron chi connectivity index (χ4n) is 1.69. The summed E-state index contributed by atoms with van der Waals surface area (Å²) in [6.45, 7) is 0.562. The average molecular weight is 386 g/mol. The summed E-state index contributed by atoms with van der Waals surface area (Å²) < 4.78 is 33.2. The zero-order valence-electron chi connectivity index (χ0n) is 11.3. The summed E-state index contributed by atoms with van der Waals surface area (Å²) in [6.07, 6.45) is 3.17. The van der Waals surface area contributed by atoms with Crippen molar-refractivity contribution >= 4 is 35.7 Å². The molecule has 4 nitrogen and oxygen atoms in total. The highest BCUT2D eigenvalue weighted by Gasteiger charge is 2.08. The summed E-state index contributed by atoms with van der Waals surface area (Å²) in [7, 11) is 3.37. The lowest BCUT2D eigenvalue weighted by atomic mass is 10.2. The summed E-state index contributed by atoms with van der Waals surface area (Å²) in [4.78, 5) is 0. The van der Waals surface area contributed by atoms with Crippen molar-refractivity contribution in [2.75, 3.05) is 19.5 Å². The Morgan fingerprint density at radius 3 is 2.55 bits per heavy atom. The molecule has 0 aliphatic heterocycles. The Morgan fingerprint density at radius 2 is 1.90 bits per heavy atom. The number of para-hydroxylation sites is 1. The van der Waals surface area contributed by atoms with Crippen molar-refractivity contribution in [3.05, 3.63) is 22.7 Å². The number of rotatable bonds is 9. The molecule has 0 aliphatic carbocycles. The molecule has 0 saturated carbocycles. The van der Waals surface area contributed by atoms with Crippen molar-refractivity contribution in [1.82, 2.24) is 0 Å². The molecule has 0 bridgehead atoms. The molecule has 0 unspecified atom stereocenters. The third-order valence-corrected chi connectivity index (χ3v) is 4.54. The molecule has 0 aromatic heterocycles. The van der Waals surface area contributed by atoms with E-state index in [0.717, 1.165) is 23.7 Å². The first-order chi connectivity index (χ1) is 9.44. The normalized spacial score (nSPS) is 11.3. The van der Waals surface area contributed by atoms with Gasteiger partial charge < -0.3 is 9.47 Å². The van der Waals surface area contributed by atoms with E-state index in [-0.39, 0.29) is 5.75 Å². The molecule has 0 aliphatic rings. The van der Waals surface area contributed by atoms with E-state index in [2.05, 4.69) is 15.9 Å². The Balaban J connectivity index is 2.25. The number of unbranched alkanes of at least 4 members (excludes halogenated alkanes) is 3. The van der Waals surface area contributed by atoms with E-state index in [9.17, 15) is 8.42 Å². The summed E-state index contributed by atoms with van der Waals surface area (Å²) in [5, 5.41) is 0. The molecule has 1 aromatic carbocycles. The fourth-order valence-corrected chi connectivity index (χ4v) is 3.03. The Kier molecular flexibility index (Phi) is 7.69. The van der Waals surface area contributed by atoms with Gasteiger partial charge in [0.15, 0.2) is 11.5 Å². The standard InChI is InChI=1S/C13H18BrClO4S/c1-18-12-8-6-7-11(14)13(12)19-9-4-2-3-5-10-20(15,16)17/h6-8H,2-5,9-10H2,1H3. The molecule has 0 spiro atoms. The van der Waals surface area contributed by atoms with Crippen LogP contribution in [0, 0.1) is 0 Å². The number of hydrogen-bond acceptors (Lipinski definition) is 4. The van der Waals surface area contributed by atoms with Gasteiger partial charge in [-0.3, -0.25) is 0 Å². The molecule has 0 atom stereocenters. The highest BCUT2D eigenvalue weighted by Crippen LogP contribution is 2.34. The predicted octanol–water partition coefficient (Wildman–Crippen LogP) is 3.97. The predicted molar refractivity (Wildman–Crippen MR) is 84.3 cm³/mol. The van der Waals surface area contributed by atoms with Gasteiger partial charge in [-0.15, -0.1) is 0 Å². The first-order valence-corrected chi connectivity index (χ1v) is 9.59. The van der Waals surface area contributed by atoms with Crippen LogP contribution in [0.25, 0.3) is 0 Å². The molecule has 0 heterocycles. The third-order valence-electron chi connectivity index (χ3n) is 2.68. The van der Waals surface area contributed by atoms with Crippen LogP contribution < -0.4 is 9.47 Å². The van der Waals surface area contributed by atoms with Crippen molar-refractivity contribution in [1.29, 1.82) is 0 Å². The second-order valence-electron chi connectivity index (χ2n) is 4.28. The Bertz CT molecular complexity index is 519. The maximum Gasteiger partial charge on any atom is 0.232 e. The number of ether oxygens (including phenoxy) is 2. The molecule has 0 radical (unpaired) electrons. The van der Waals surface area contributed by atoms with Crippen LogP contribution in [0.15, 0.2) is 22.7 Å². The van der Waals surface area contributed by atoms with Gasteiger partial charge in [-0.25, -0.2) is 8.42 Å². The zero-order chi connectivity index (χ0) is 15.0. The van der Waals surface area contributed by atoms with Gasteiger partial charge in [-0.2, -0.15) is 0 Å². The van der Waals surface area contributed by atoms with Gasteiger partial charge in [-0.05, 0) is 40.9 Å². The minimum absolute atomic E-state index is 0.0352. The third kappa shape index (κ3) is 6.81. The molecule has 20 heavy (non-hydrogen) atoms. The molecule has 0 amide bonds. The molecular weight excluding hydrogens is 368 g/mol. The maximum atomic E-state index is 10.7. The highest BCUT2D eigenvalue weighted by molar-refractivity contribution is 9.10. The van der Waals surface area contributed by atoms with E-state index in [4.69, 9.17) is 20.2 Å². The Morgan fingerprint density at radius 1 is 1.20 bits per heavy atom. The topological polar surface area (TPSA) is 52.6 Å². The van der Waals surface area contributed by atoms with Crippen LogP contribution in [0.2, 0.25) is 0 Å². The van der Waals surface area contributed by atoms with E-state index in [1.807, 2.05) is 18.2 Å². The maximum absolute atomic E-state index is 10.7. The molecule has 7 heteroatoms. The summed E-state index contributed by atoms with van der Waals surface area (Å²) in [5.74, 6) is 1.42. The lowest BCUT2D eigenvalue weighted by Gasteiger charge is -2.12. The summed E-state index contributed by atoms with van der Waals surface area (Å²) in [6, 6.07) is 5.61. The summed E-state index contributed by atoms with van der Waals surface area (Å²) in [5.41, 5.74) is 0.